The zero-order valence-electron chi connectivity index (χ0n) is 9.75. The standard InChI is InChI=1S/C13H18FNO2/c14-11-5-3-4-10(12(11)16)8-15-9-13(17)6-1-2-7-13/h3-5,15-17H,1-2,6-9H2. The lowest BCUT2D eigenvalue weighted by molar-refractivity contribution is 0.0474. The molecular weight excluding hydrogens is 221 g/mol. The number of para-hydroxylation sites is 1. The third kappa shape index (κ3) is 2.96. The summed E-state index contributed by atoms with van der Waals surface area (Å²) in [5.41, 5.74) is -0.102. The van der Waals surface area contributed by atoms with Gasteiger partial charge in [0.2, 0.25) is 0 Å². The second kappa shape index (κ2) is 5.02. The maximum Gasteiger partial charge on any atom is 0.165 e. The van der Waals surface area contributed by atoms with E-state index >= 15 is 0 Å². The van der Waals surface area contributed by atoms with Crippen LogP contribution in [0.25, 0.3) is 0 Å². The van der Waals surface area contributed by atoms with Gasteiger partial charge < -0.3 is 15.5 Å². The summed E-state index contributed by atoms with van der Waals surface area (Å²) in [5.74, 6) is -0.915. The maximum absolute atomic E-state index is 13.1. The van der Waals surface area contributed by atoms with Gasteiger partial charge in [-0.2, -0.15) is 0 Å². The van der Waals surface area contributed by atoms with Crippen LogP contribution in [0.5, 0.6) is 5.75 Å². The van der Waals surface area contributed by atoms with E-state index in [1.807, 2.05) is 0 Å². The van der Waals surface area contributed by atoms with E-state index in [2.05, 4.69) is 5.32 Å². The van der Waals surface area contributed by atoms with Crippen molar-refractivity contribution < 1.29 is 14.6 Å². The van der Waals surface area contributed by atoms with Crippen LogP contribution in [0.2, 0.25) is 0 Å². The zero-order chi connectivity index (χ0) is 12.3. The van der Waals surface area contributed by atoms with Crippen molar-refractivity contribution in [3.05, 3.63) is 29.6 Å². The first-order valence-electron chi connectivity index (χ1n) is 6.00. The van der Waals surface area contributed by atoms with Crippen LogP contribution in [-0.4, -0.2) is 22.4 Å². The third-order valence-corrected chi connectivity index (χ3v) is 3.37. The van der Waals surface area contributed by atoms with Crippen molar-refractivity contribution in [2.45, 2.75) is 37.8 Å². The van der Waals surface area contributed by atoms with Crippen molar-refractivity contribution >= 4 is 0 Å². The fourth-order valence-electron chi connectivity index (χ4n) is 2.34. The van der Waals surface area contributed by atoms with Crippen molar-refractivity contribution in [2.75, 3.05) is 6.54 Å². The number of halogens is 1. The molecule has 0 radical (unpaired) electrons. The summed E-state index contributed by atoms with van der Waals surface area (Å²) in [5, 5.41) is 22.6. The average Bonchev–Trinajstić information content (AvgIpc) is 2.72. The summed E-state index contributed by atoms with van der Waals surface area (Å²) in [6.07, 6.45) is 3.75. The smallest absolute Gasteiger partial charge is 0.165 e. The molecule has 17 heavy (non-hydrogen) atoms. The average molecular weight is 239 g/mol. The van der Waals surface area contributed by atoms with Crippen molar-refractivity contribution in [1.82, 2.24) is 5.32 Å². The van der Waals surface area contributed by atoms with Gasteiger partial charge in [0.15, 0.2) is 11.6 Å². The molecule has 0 heterocycles. The van der Waals surface area contributed by atoms with Crippen LogP contribution in [0.3, 0.4) is 0 Å². The molecule has 3 nitrogen and oxygen atoms in total. The normalized spacial score (nSPS) is 18.5. The molecule has 1 aliphatic carbocycles. The molecule has 0 unspecified atom stereocenters. The van der Waals surface area contributed by atoms with Crippen LogP contribution >= 0.6 is 0 Å². The number of aromatic hydroxyl groups is 1. The second-order valence-corrected chi connectivity index (χ2v) is 4.78. The van der Waals surface area contributed by atoms with E-state index in [0.29, 0.717) is 18.7 Å². The molecule has 2 rings (SSSR count). The highest BCUT2D eigenvalue weighted by Gasteiger charge is 2.30. The second-order valence-electron chi connectivity index (χ2n) is 4.78. The van der Waals surface area contributed by atoms with Crippen LogP contribution in [0, 0.1) is 5.82 Å². The van der Waals surface area contributed by atoms with Crippen LogP contribution in [-0.2, 0) is 6.54 Å². The Balaban J connectivity index is 1.88. The zero-order valence-corrected chi connectivity index (χ0v) is 9.75. The number of hydrogen-bond donors (Lipinski definition) is 3. The van der Waals surface area contributed by atoms with Gasteiger partial charge in [0.1, 0.15) is 0 Å². The summed E-state index contributed by atoms with van der Waals surface area (Å²) in [6.45, 7) is 0.856. The van der Waals surface area contributed by atoms with Gasteiger partial charge in [0.05, 0.1) is 5.60 Å². The summed E-state index contributed by atoms with van der Waals surface area (Å²) >= 11 is 0. The molecule has 94 valence electrons. The van der Waals surface area contributed by atoms with E-state index in [1.165, 1.54) is 6.07 Å². The van der Waals surface area contributed by atoms with Gasteiger partial charge >= 0.3 is 0 Å². The van der Waals surface area contributed by atoms with E-state index in [0.717, 1.165) is 25.7 Å². The van der Waals surface area contributed by atoms with E-state index in [9.17, 15) is 14.6 Å². The van der Waals surface area contributed by atoms with E-state index in [-0.39, 0.29) is 5.75 Å². The number of rotatable bonds is 4. The lowest BCUT2D eigenvalue weighted by Crippen LogP contribution is -2.37. The predicted molar refractivity (Wildman–Crippen MR) is 63.2 cm³/mol. The van der Waals surface area contributed by atoms with Crippen molar-refractivity contribution in [1.29, 1.82) is 0 Å². The minimum atomic E-state index is -0.622. The Morgan fingerprint density at radius 3 is 2.71 bits per heavy atom. The van der Waals surface area contributed by atoms with E-state index in [1.54, 1.807) is 12.1 Å². The SMILES string of the molecule is Oc1c(F)cccc1CNCC1(O)CCCC1. The van der Waals surface area contributed by atoms with Crippen molar-refractivity contribution in [3.8, 4) is 5.75 Å². The molecule has 4 heteroatoms. The molecule has 1 aromatic rings. The Morgan fingerprint density at radius 2 is 2.00 bits per heavy atom. The third-order valence-electron chi connectivity index (χ3n) is 3.37. The number of nitrogens with one attached hydrogen (secondary N) is 1. The highest BCUT2D eigenvalue weighted by atomic mass is 19.1. The molecule has 0 aromatic heterocycles. The van der Waals surface area contributed by atoms with Gasteiger partial charge in [-0.05, 0) is 18.9 Å². The fourth-order valence-corrected chi connectivity index (χ4v) is 2.34. The minimum absolute atomic E-state index is 0.307. The Labute approximate surface area is 100 Å². The Kier molecular flexibility index (Phi) is 3.64. The first-order chi connectivity index (χ1) is 8.11. The van der Waals surface area contributed by atoms with Crippen LogP contribution in [0.1, 0.15) is 31.2 Å². The van der Waals surface area contributed by atoms with E-state index in [4.69, 9.17) is 0 Å². The van der Waals surface area contributed by atoms with Gasteiger partial charge in [0.25, 0.3) is 0 Å². The summed E-state index contributed by atoms with van der Waals surface area (Å²) in [4.78, 5) is 0. The van der Waals surface area contributed by atoms with Crippen LogP contribution < -0.4 is 5.32 Å². The summed E-state index contributed by atoms with van der Waals surface area (Å²) in [7, 11) is 0. The quantitative estimate of drug-likeness (QED) is 0.752. The lowest BCUT2D eigenvalue weighted by atomic mass is 10.0. The number of benzene rings is 1. The highest BCUT2D eigenvalue weighted by molar-refractivity contribution is 5.33. The molecule has 3 N–H and O–H groups in total. The van der Waals surface area contributed by atoms with Gasteiger partial charge in [-0.3, -0.25) is 0 Å². The van der Waals surface area contributed by atoms with Gasteiger partial charge in [-0.25, -0.2) is 4.39 Å². The molecule has 0 saturated heterocycles. The molecule has 0 amide bonds. The lowest BCUT2D eigenvalue weighted by Gasteiger charge is -2.22. The number of phenolic OH excluding ortho intramolecular Hbond substituents is 1. The van der Waals surface area contributed by atoms with E-state index < -0.39 is 11.4 Å². The highest BCUT2D eigenvalue weighted by Crippen LogP contribution is 2.29. The molecule has 1 aromatic carbocycles. The predicted octanol–water partition coefficient (Wildman–Crippen LogP) is 1.93. The van der Waals surface area contributed by atoms with Crippen LogP contribution in [0.15, 0.2) is 18.2 Å². The topological polar surface area (TPSA) is 52.5 Å². The van der Waals surface area contributed by atoms with Crippen LogP contribution in [0.4, 0.5) is 4.39 Å². The Morgan fingerprint density at radius 1 is 1.29 bits per heavy atom. The fraction of sp³-hybridized carbons (Fsp3) is 0.538. The molecule has 1 fully saturated rings. The number of hydrogen-bond acceptors (Lipinski definition) is 3. The van der Waals surface area contributed by atoms with Gasteiger partial charge in [-0.15, -0.1) is 0 Å². The molecule has 0 bridgehead atoms. The molecule has 0 aliphatic heterocycles. The molecule has 1 aliphatic rings. The van der Waals surface area contributed by atoms with Crippen molar-refractivity contribution in [2.24, 2.45) is 0 Å². The number of aliphatic hydroxyl groups is 1. The molecule has 0 atom stereocenters. The number of phenols is 1. The Hall–Kier alpha value is -1.13. The Bertz CT molecular complexity index is 389. The first-order valence-corrected chi connectivity index (χ1v) is 6.00. The molecule has 0 spiro atoms. The first kappa shape index (κ1) is 12.3. The summed E-state index contributed by atoms with van der Waals surface area (Å²) in [6, 6.07) is 4.46. The molecule has 1 saturated carbocycles. The largest absolute Gasteiger partial charge is 0.505 e. The van der Waals surface area contributed by atoms with Gasteiger partial charge in [-0.1, -0.05) is 25.0 Å². The summed E-state index contributed by atoms with van der Waals surface area (Å²) < 4.78 is 13.1. The van der Waals surface area contributed by atoms with Gasteiger partial charge in [0, 0.05) is 18.7 Å². The van der Waals surface area contributed by atoms with Crippen molar-refractivity contribution in [3.63, 3.8) is 0 Å². The molecular formula is C13H18FNO2. The minimum Gasteiger partial charge on any atom is -0.505 e. The maximum atomic E-state index is 13.1. The monoisotopic (exact) mass is 239 g/mol.